The largest absolute Gasteiger partial charge is 0.374 e. The summed E-state index contributed by atoms with van der Waals surface area (Å²) in [6, 6.07) is 18.4. The lowest BCUT2D eigenvalue weighted by atomic mass is 9.73. The standard InChI is InChI=1S/C28H35N5O4/c1-27(2,29)25(35)30-22(18-37-17-21-12-8-5-9-13-21)24(34)33-15-14-23-28(19-33,26(36)32(3)31-23)16-20-10-6-4-7-11-20/h4-13,22H,14-19,29H2,1-3H3,(H,30,35)/t22?,28-/m0/s1. The van der Waals surface area contributed by atoms with Crippen molar-refractivity contribution in [1.82, 2.24) is 15.2 Å². The van der Waals surface area contributed by atoms with E-state index < -0.39 is 22.9 Å². The molecule has 2 aromatic carbocycles. The maximum Gasteiger partial charge on any atom is 0.256 e. The van der Waals surface area contributed by atoms with Gasteiger partial charge in [0.2, 0.25) is 11.8 Å². The number of fused-ring (bicyclic) bond motifs is 1. The Kier molecular flexibility index (Phi) is 7.75. The Bertz CT molecular complexity index is 1160. The number of carbonyl (C=O) groups excluding carboxylic acids is 3. The third-order valence-corrected chi connectivity index (χ3v) is 6.85. The molecule has 196 valence electrons. The third kappa shape index (κ3) is 5.89. The van der Waals surface area contributed by atoms with Crippen LogP contribution in [0.4, 0.5) is 0 Å². The van der Waals surface area contributed by atoms with Gasteiger partial charge in [0.05, 0.1) is 24.5 Å². The zero-order valence-corrected chi connectivity index (χ0v) is 21.6. The number of nitrogens with one attached hydrogen (secondary N) is 1. The molecular formula is C28H35N5O4. The van der Waals surface area contributed by atoms with Crippen molar-refractivity contribution in [1.29, 1.82) is 0 Å². The predicted molar refractivity (Wildman–Crippen MR) is 140 cm³/mol. The molecule has 9 nitrogen and oxygen atoms in total. The molecule has 0 saturated carbocycles. The molecule has 0 radical (unpaired) electrons. The van der Waals surface area contributed by atoms with Crippen LogP contribution in [0.25, 0.3) is 0 Å². The number of benzene rings is 2. The summed E-state index contributed by atoms with van der Waals surface area (Å²) in [6.07, 6.45) is 0.916. The molecular weight excluding hydrogens is 470 g/mol. The van der Waals surface area contributed by atoms with Crippen LogP contribution in [0.2, 0.25) is 0 Å². The molecule has 9 heteroatoms. The zero-order valence-electron chi connectivity index (χ0n) is 21.6. The van der Waals surface area contributed by atoms with Crippen molar-refractivity contribution >= 4 is 23.4 Å². The SMILES string of the molecule is CN1N=C2CCN(C(=O)C(COCc3ccccc3)NC(=O)C(C)(C)N)C[C@]2(Cc2ccccc2)C1=O. The fourth-order valence-corrected chi connectivity index (χ4v) is 4.82. The molecule has 4 rings (SSSR count). The molecule has 1 fully saturated rings. The second kappa shape index (κ2) is 10.8. The molecule has 2 atom stereocenters. The molecule has 2 aromatic rings. The Balaban J connectivity index is 1.54. The minimum absolute atomic E-state index is 0.0213. The van der Waals surface area contributed by atoms with E-state index in [2.05, 4.69) is 10.4 Å². The van der Waals surface area contributed by atoms with E-state index >= 15 is 0 Å². The number of hydrazone groups is 1. The molecule has 1 saturated heterocycles. The number of likely N-dealkylation sites (tertiary alicyclic amines) is 1. The van der Waals surface area contributed by atoms with Crippen LogP contribution in [0, 0.1) is 5.41 Å². The van der Waals surface area contributed by atoms with Crippen LogP contribution < -0.4 is 11.1 Å². The normalized spacial score (nSPS) is 20.3. The van der Waals surface area contributed by atoms with Crippen LogP contribution in [-0.4, -0.2) is 71.7 Å². The van der Waals surface area contributed by atoms with Gasteiger partial charge in [-0.3, -0.25) is 14.4 Å². The van der Waals surface area contributed by atoms with Crippen LogP contribution in [0.15, 0.2) is 65.8 Å². The second-order valence-corrected chi connectivity index (χ2v) is 10.4. The van der Waals surface area contributed by atoms with E-state index in [1.54, 1.807) is 25.8 Å². The first kappa shape index (κ1) is 26.5. The van der Waals surface area contributed by atoms with Gasteiger partial charge in [0.15, 0.2) is 0 Å². The van der Waals surface area contributed by atoms with Crippen LogP contribution in [-0.2, 0) is 32.1 Å². The van der Waals surface area contributed by atoms with Crippen molar-refractivity contribution in [3.63, 3.8) is 0 Å². The van der Waals surface area contributed by atoms with Crippen molar-refractivity contribution < 1.29 is 19.1 Å². The number of nitrogens with two attached hydrogens (primary N) is 1. The maximum absolute atomic E-state index is 13.8. The van der Waals surface area contributed by atoms with E-state index in [1.807, 2.05) is 60.7 Å². The average molecular weight is 506 g/mol. The van der Waals surface area contributed by atoms with Gasteiger partial charge < -0.3 is 20.7 Å². The smallest absolute Gasteiger partial charge is 0.256 e. The first-order valence-corrected chi connectivity index (χ1v) is 12.5. The first-order chi connectivity index (χ1) is 17.6. The average Bonchev–Trinajstić information content (AvgIpc) is 3.12. The number of rotatable bonds is 9. The van der Waals surface area contributed by atoms with Crippen molar-refractivity contribution in [2.24, 2.45) is 16.3 Å². The quantitative estimate of drug-likeness (QED) is 0.538. The van der Waals surface area contributed by atoms with E-state index in [4.69, 9.17) is 10.5 Å². The number of hydrogen-bond acceptors (Lipinski definition) is 6. The van der Waals surface area contributed by atoms with Gasteiger partial charge in [0.1, 0.15) is 11.5 Å². The Labute approximate surface area is 217 Å². The van der Waals surface area contributed by atoms with E-state index in [9.17, 15) is 14.4 Å². The number of hydrogen-bond donors (Lipinski definition) is 2. The Morgan fingerprint density at radius 2 is 1.73 bits per heavy atom. The predicted octanol–water partition coefficient (Wildman–Crippen LogP) is 1.71. The fraction of sp³-hybridized carbons (Fsp3) is 0.429. The molecule has 2 heterocycles. The van der Waals surface area contributed by atoms with E-state index in [1.165, 1.54) is 5.01 Å². The lowest BCUT2D eigenvalue weighted by Crippen LogP contribution is -2.61. The molecule has 0 aromatic heterocycles. The summed E-state index contributed by atoms with van der Waals surface area (Å²) in [7, 11) is 1.65. The number of piperidine rings is 1. The van der Waals surface area contributed by atoms with Gasteiger partial charge in [-0.25, -0.2) is 5.01 Å². The molecule has 0 bridgehead atoms. The highest BCUT2D eigenvalue weighted by Gasteiger charge is 2.54. The summed E-state index contributed by atoms with van der Waals surface area (Å²) in [4.78, 5) is 41.6. The van der Waals surface area contributed by atoms with Crippen LogP contribution in [0.3, 0.4) is 0 Å². The Hall–Kier alpha value is -3.56. The zero-order chi connectivity index (χ0) is 26.6. The minimum Gasteiger partial charge on any atom is -0.374 e. The van der Waals surface area contributed by atoms with Crippen LogP contribution >= 0.6 is 0 Å². The summed E-state index contributed by atoms with van der Waals surface area (Å²) < 4.78 is 5.85. The van der Waals surface area contributed by atoms with Gasteiger partial charge in [-0.1, -0.05) is 60.7 Å². The van der Waals surface area contributed by atoms with Gasteiger partial charge in [0.25, 0.3) is 5.91 Å². The number of amides is 3. The summed E-state index contributed by atoms with van der Waals surface area (Å²) in [6.45, 7) is 4.02. The molecule has 2 aliphatic heterocycles. The van der Waals surface area contributed by atoms with E-state index in [0.717, 1.165) is 16.8 Å². The summed E-state index contributed by atoms with van der Waals surface area (Å²) in [5, 5.41) is 8.67. The highest BCUT2D eigenvalue weighted by atomic mass is 16.5. The Morgan fingerprint density at radius 1 is 1.11 bits per heavy atom. The minimum atomic E-state index is -1.17. The fourth-order valence-electron chi connectivity index (χ4n) is 4.82. The van der Waals surface area contributed by atoms with Gasteiger partial charge >= 0.3 is 0 Å². The maximum atomic E-state index is 13.8. The first-order valence-electron chi connectivity index (χ1n) is 12.5. The Morgan fingerprint density at radius 3 is 2.35 bits per heavy atom. The highest BCUT2D eigenvalue weighted by Crippen LogP contribution is 2.38. The molecule has 0 aliphatic carbocycles. The second-order valence-electron chi connectivity index (χ2n) is 10.4. The lowest BCUT2D eigenvalue weighted by Gasteiger charge is -2.40. The van der Waals surface area contributed by atoms with Crippen LogP contribution in [0.1, 0.15) is 31.4 Å². The molecule has 37 heavy (non-hydrogen) atoms. The monoisotopic (exact) mass is 505 g/mol. The van der Waals surface area contributed by atoms with Crippen LogP contribution in [0.5, 0.6) is 0 Å². The molecule has 3 amide bonds. The third-order valence-electron chi connectivity index (χ3n) is 6.85. The number of ether oxygens (including phenoxy) is 1. The summed E-state index contributed by atoms with van der Waals surface area (Å²) in [5.74, 6) is -0.892. The van der Waals surface area contributed by atoms with Gasteiger partial charge in [-0.2, -0.15) is 5.10 Å². The molecule has 0 spiro atoms. The van der Waals surface area contributed by atoms with Gasteiger partial charge in [0, 0.05) is 26.6 Å². The van der Waals surface area contributed by atoms with Crippen molar-refractivity contribution in [3.05, 3.63) is 71.8 Å². The van der Waals surface area contributed by atoms with Gasteiger partial charge in [-0.15, -0.1) is 0 Å². The lowest BCUT2D eigenvalue weighted by molar-refractivity contribution is -0.143. The van der Waals surface area contributed by atoms with Gasteiger partial charge in [-0.05, 0) is 31.4 Å². The molecule has 2 aliphatic rings. The van der Waals surface area contributed by atoms with Crippen molar-refractivity contribution in [2.75, 3.05) is 26.7 Å². The van der Waals surface area contributed by atoms with Crippen molar-refractivity contribution in [3.8, 4) is 0 Å². The highest BCUT2D eigenvalue weighted by molar-refractivity contribution is 6.13. The molecule has 1 unspecified atom stereocenters. The number of nitrogens with zero attached hydrogens (tertiary/aromatic N) is 3. The number of carbonyl (C=O) groups is 3. The van der Waals surface area contributed by atoms with E-state index in [-0.39, 0.29) is 25.0 Å². The van der Waals surface area contributed by atoms with Crippen molar-refractivity contribution in [2.45, 2.75) is 44.9 Å². The topological polar surface area (TPSA) is 117 Å². The van der Waals surface area contributed by atoms with E-state index in [0.29, 0.717) is 26.0 Å². The molecule has 3 N–H and O–H groups in total. The summed E-state index contributed by atoms with van der Waals surface area (Å²) >= 11 is 0. The summed E-state index contributed by atoms with van der Waals surface area (Å²) in [5.41, 5.74) is 6.63.